The first-order valence-electron chi connectivity index (χ1n) is 4.80. The maximum absolute atomic E-state index is 12.7. The number of carboxylic acids is 1. The molecule has 0 aliphatic carbocycles. The third-order valence-electron chi connectivity index (χ3n) is 2.00. The molecule has 0 atom stereocenters. The number of carbonyl (C=O) groups is 1. The van der Waals surface area contributed by atoms with E-state index in [1.165, 1.54) is 0 Å². The Kier molecular flexibility index (Phi) is 4.40. The number of carboxylic acid groups (broad SMARTS) is 1. The van der Waals surface area contributed by atoms with Gasteiger partial charge in [-0.3, -0.25) is 0 Å². The fourth-order valence-corrected chi connectivity index (χ4v) is 1.25. The minimum Gasteiger partial charge on any atom is -0.478 e. The lowest BCUT2D eigenvalue weighted by molar-refractivity contribution is -0.138. The quantitative estimate of drug-likeness (QED) is 0.387. The average molecular weight is 269 g/mol. The summed E-state index contributed by atoms with van der Waals surface area (Å²) in [7, 11) is 0. The number of azide groups is 1. The molecule has 19 heavy (non-hydrogen) atoms. The van der Waals surface area contributed by atoms with Gasteiger partial charge in [0.15, 0.2) is 0 Å². The van der Waals surface area contributed by atoms with E-state index in [0.29, 0.717) is 6.07 Å². The number of hydrogen-bond donors (Lipinski definition) is 1. The molecular formula is C11H6F3N3O2. The van der Waals surface area contributed by atoms with Crippen molar-refractivity contribution in [3.8, 4) is 11.8 Å². The molecule has 0 aromatic heterocycles. The van der Waals surface area contributed by atoms with Crippen molar-refractivity contribution >= 4 is 5.97 Å². The highest BCUT2D eigenvalue weighted by Gasteiger charge is 2.35. The molecule has 1 N–H and O–H groups in total. The first-order chi connectivity index (χ1) is 8.86. The van der Waals surface area contributed by atoms with Crippen LogP contribution in [0.25, 0.3) is 10.4 Å². The first-order valence-corrected chi connectivity index (χ1v) is 4.80. The van der Waals surface area contributed by atoms with Gasteiger partial charge in [0.1, 0.15) is 0 Å². The molecule has 0 spiro atoms. The van der Waals surface area contributed by atoms with Crippen LogP contribution in [0.5, 0.6) is 0 Å². The molecule has 0 amide bonds. The Morgan fingerprint density at radius 2 is 2.16 bits per heavy atom. The molecule has 0 aliphatic rings. The number of halogens is 3. The highest BCUT2D eigenvalue weighted by Crippen LogP contribution is 2.32. The molecule has 0 unspecified atom stereocenters. The van der Waals surface area contributed by atoms with Crippen LogP contribution in [0.4, 0.5) is 13.2 Å². The van der Waals surface area contributed by atoms with E-state index in [1.54, 1.807) is 0 Å². The molecule has 0 saturated carbocycles. The Bertz CT molecular complexity index is 608. The summed E-state index contributed by atoms with van der Waals surface area (Å²) in [6.07, 6.45) is -4.78. The van der Waals surface area contributed by atoms with E-state index in [0.717, 1.165) is 12.1 Å². The van der Waals surface area contributed by atoms with Gasteiger partial charge in [-0.1, -0.05) is 17.0 Å². The molecule has 5 nitrogen and oxygen atoms in total. The molecule has 98 valence electrons. The van der Waals surface area contributed by atoms with Crippen molar-refractivity contribution in [3.05, 3.63) is 45.3 Å². The standard InChI is InChI=1S/C11H6F3N3O2/c12-11(13,14)9-6-7(2-1-5-16-17-15)3-4-8(9)10(18)19/h3-4,6H,5H2,(H,18,19). The summed E-state index contributed by atoms with van der Waals surface area (Å²) < 4.78 is 38.0. The van der Waals surface area contributed by atoms with E-state index < -0.39 is 23.3 Å². The van der Waals surface area contributed by atoms with Crippen molar-refractivity contribution in [2.24, 2.45) is 5.11 Å². The summed E-state index contributed by atoms with van der Waals surface area (Å²) in [4.78, 5) is 13.1. The summed E-state index contributed by atoms with van der Waals surface area (Å²) in [5.41, 5.74) is 5.87. The number of aromatic carboxylic acids is 1. The lowest BCUT2D eigenvalue weighted by Crippen LogP contribution is -2.13. The molecule has 0 fully saturated rings. The Hall–Kier alpha value is -2.65. The predicted molar refractivity (Wildman–Crippen MR) is 59.3 cm³/mol. The molecule has 1 rings (SSSR count). The Balaban J connectivity index is 3.21. The van der Waals surface area contributed by atoms with Crippen molar-refractivity contribution in [3.63, 3.8) is 0 Å². The fraction of sp³-hybridized carbons (Fsp3) is 0.182. The van der Waals surface area contributed by atoms with Gasteiger partial charge in [0.25, 0.3) is 0 Å². The summed E-state index contributed by atoms with van der Waals surface area (Å²) in [5.74, 6) is 3.03. The maximum atomic E-state index is 12.7. The molecule has 0 bridgehead atoms. The Morgan fingerprint density at radius 3 is 2.68 bits per heavy atom. The Labute approximate surface area is 105 Å². The lowest BCUT2D eigenvalue weighted by Gasteiger charge is -2.10. The number of nitrogens with zero attached hydrogens (tertiary/aromatic N) is 3. The Morgan fingerprint density at radius 1 is 1.47 bits per heavy atom. The fourth-order valence-electron chi connectivity index (χ4n) is 1.25. The maximum Gasteiger partial charge on any atom is 0.417 e. The minimum absolute atomic E-state index is 0.00883. The second-order valence-corrected chi connectivity index (χ2v) is 3.25. The first kappa shape index (κ1) is 14.4. The van der Waals surface area contributed by atoms with Crippen molar-refractivity contribution in [1.29, 1.82) is 0 Å². The zero-order valence-corrected chi connectivity index (χ0v) is 9.27. The van der Waals surface area contributed by atoms with Crippen LogP contribution in [0, 0.1) is 11.8 Å². The molecule has 0 radical (unpaired) electrons. The smallest absolute Gasteiger partial charge is 0.417 e. The second-order valence-electron chi connectivity index (χ2n) is 3.25. The number of benzene rings is 1. The summed E-state index contributed by atoms with van der Waals surface area (Å²) in [6.45, 7) is -0.182. The van der Waals surface area contributed by atoms with E-state index in [4.69, 9.17) is 10.6 Å². The van der Waals surface area contributed by atoms with Crippen LogP contribution in [0.15, 0.2) is 23.3 Å². The van der Waals surface area contributed by atoms with Crippen LogP contribution in [0.3, 0.4) is 0 Å². The van der Waals surface area contributed by atoms with Gasteiger partial charge < -0.3 is 5.11 Å². The zero-order valence-electron chi connectivity index (χ0n) is 9.27. The predicted octanol–water partition coefficient (Wildman–Crippen LogP) is 3.07. The van der Waals surface area contributed by atoms with Crippen molar-refractivity contribution in [2.75, 3.05) is 6.54 Å². The molecular weight excluding hydrogens is 263 g/mol. The van der Waals surface area contributed by atoms with Crippen molar-refractivity contribution < 1.29 is 23.1 Å². The van der Waals surface area contributed by atoms with Gasteiger partial charge in [0.05, 0.1) is 17.7 Å². The van der Waals surface area contributed by atoms with Crippen LogP contribution in [0.1, 0.15) is 21.5 Å². The van der Waals surface area contributed by atoms with E-state index in [2.05, 4.69) is 21.9 Å². The van der Waals surface area contributed by atoms with Gasteiger partial charge >= 0.3 is 12.1 Å². The number of hydrogen-bond acceptors (Lipinski definition) is 2. The third-order valence-corrected chi connectivity index (χ3v) is 2.00. The molecule has 1 aromatic carbocycles. The third kappa shape index (κ3) is 3.94. The van der Waals surface area contributed by atoms with E-state index >= 15 is 0 Å². The van der Waals surface area contributed by atoms with Gasteiger partial charge in [-0.25, -0.2) is 4.79 Å². The summed E-state index contributed by atoms with van der Waals surface area (Å²) in [6, 6.07) is 2.64. The molecule has 0 heterocycles. The second kappa shape index (κ2) is 5.80. The minimum atomic E-state index is -4.78. The van der Waals surface area contributed by atoms with Crippen LogP contribution >= 0.6 is 0 Å². The van der Waals surface area contributed by atoms with Crippen LogP contribution in [0.2, 0.25) is 0 Å². The molecule has 0 aliphatic heterocycles. The average Bonchev–Trinajstić information content (AvgIpc) is 2.33. The van der Waals surface area contributed by atoms with E-state index in [-0.39, 0.29) is 12.1 Å². The lowest BCUT2D eigenvalue weighted by atomic mass is 10.0. The SMILES string of the molecule is [N-]=[N+]=NCC#Cc1ccc(C(=O)O)c(C(F)(F)F)c1. The summed E-state index contributed by atoms with van der Waals surface area (Å²) >= 11 is 0. The highest BCUT2D eigenvalue weighted by atomic mass is 19.4. The van der Waals surface area contributed by atoms with Gasteiger partial charge in [-0.05, 0) is 23.7 Å². The normalized spacial score (nSPS) is 10.1. The van der Waals surface area contributed by atoms with Gasteiger partial charge in [-0.15, -0.1) is 0 Å². The number of rotatable bonds is 2. The topological polar surface area (TPSA) is 86.1 Å². The molecule has 1 aromatic rings. The van der Waals surface area contributed by atoms with Crippen LogP contribution < -0.4 is 0 Å². The summed E-state index contributed by atoms with van der Waals surface area (Å²) in [5, 5.41) is 11.8. The van der Waals surface area contributed by atoms with Crippen molar-refractivity contribution in [1.82, 2.24) is 0 Å². The molecule has 0 saturated heterocycles. The van der Waals surface area contributed by atoms with Crippen LogP contribution in [-0.4, -0.2) is 17.6 Å². The van der Waals surface area contributed by atoms with E-state index in [9.17, 15) is 18.0 Å². The molecule has 8 heteroatoms. The monoisotopic (exact) mass is 269 g/mol. The van der Waals surface area contributed by atoms with Gasteiger partial charge in [0.2, 0.25) is 0 Å². The zero-order chi connectivity index (χ0) is 14.5. The largest absolute Gasteiger partial charge is 0.478 e. The van der Waals surface area contributed by atoms with E-state index in [1.807, 2.05) is 0 Å². The van der Waals surface area contributed by atoms with Gasteiger partial charge in [-0.2, -0.15) is 13.2 Å². The van der Waals surface area contributed by atoms with Gasteiger partial charge in [0, 0.05) is 10.5 Å². The number of alkyl halides is 3. The van der Waals surface area contributed by atoms with Crippen molar-refractivity contribution in [2.45, 2.75) is 6.18 Å². The highest BCUT2D eigenvalue weighted by molar-refractivity contribution is 5.89. The van der Waals surface area contributed by atoms with Crippen LogP contribution in [-0.2, 0) is 6.18 Å².